The summed E-state index contributed by atoms with van der Waals surface area (Å²) >= 11 is 0. The summed E-state index contributed by atoms with van der Waals surface area (Å²) in [5.41, 5.74) is 2.71. The van der Waals surface area contributed by atoms with E-state index in [-0.39, 0.29) is 17.2 Å². The monoisotopic (exact) mass is 324 g/mol. The Bertz CT molecular complexity index is 704. The lowest BCUT2D eigenvalue weighted by Gasteiger charge is -2.55. The van der Waals surface area contributed by atoms with Crippen molar-refractivity contribution in [2.45, 2.75) is 44.9 Å². The van der Waals surface area contributed by atoms with Crippen LogP contribution in [0.3, 0.4) is 0 Å². The minimum absolute atomic E-state index is 0.120. The molecule has 0 atom stereocenters. The number of nitrogens with zero attached hydrogens (tertiary/aromatic N) is 1. The molecule has 0 radical (unpaired) electrons. The van der Waals surface area contributed by atoms with Gasteiger partial charge in [-0.15, -0.1) is 0 Å². The van der Waals surface area contributed by atoms with Crippen LogP contribution in [0.4, 0.5) is 11.4 Å². The van der Waals surface area contributed by atoms with Gasteiger partial charge in [-0.1, -0.05) is 0 Å². The number of hydrogen-bond donors (Lipinski definition) is 1. The molecule has 4 saturated carbocycles. The third-order valence-corrected chi connectivity index (χ3v) is 6.93. The van der Waals surface area contributed by atoms with Gasteiger partial charge >= 0.3 is 0 Å². The average molecular weight is 324 g/mol. The lowest BCUT2D eigenvalue weighted by atomic mass is 9.49. The Morgan fingerprint density at radius 2 is 1.75 bits per heavy atom. The second kappa shape index (κ2) is 4.84. The van der Waals surface area contributed by atoms with Crippen LogP contribution in [0, 0.1) is 23.2 Å². The molecule has 1 aliphatic heterocycles. The predicted octanol–water partition coefficient (Wildman–Crippen LogP) is 3.36. The maximum atomic E-state index is 13.1. The number of benzene rings is 1. The zero-order valence-electron chi connectivity index (χ0n) is 14.2. The van der Waals surface area contributed by atoms with E-state index in [0.717, 1.165) is 54.0 Å². The number of amides is 2. The van der Waals surface area contributed by atoms with E-state index < -0.39 is 0 Å². The van der Waals surface area contributed by atoms with Crippen LogP contribution in [0.15, 0.2) is 18.2 Å². The molecule has 2 amide bonds. The summed E-state index contributed by atoms with van der Waals surface area (Å²) in [7, 11) is 1.81. The number of carbonyl (C=O) groups excluding carboxylic acids is 2. The van der Waals surface area contributed by atoms with Gasteiger partial charge in [0.15, 0.2) is 0 Å². The second-order valence-corrected chi connectivity index (χ2v) is 8.63. The third-order valence-electron chi connectivity index (χ3n) is 6.93. The fourth-order valence-corrected chi connectivity index (χ4v) is 6.20. The van der Waals surface area contributed by atoms with E-state index >= 15 is 0 Å². The molecule has 0 spiro atoms. The van der Waals surface area contributed by atoms with Crippen molar-refractivity contribution in [3.05, 3.63) is 23.8 Å². The molecular formula is C20H24N2O2. The van der Waals surface area contributed by atoms with Crippen LogP contribution >= 0.6 is 0 Å². The summed E-state index contributed by atoms with van der Waals surface area (Å²) < 4.78 is 0. The van der Waals surface area contributed by atoms with Crippen molar-refractivity contribution in [2.24, 2.45) is 23.2 Å². The van der Waals surface area contributed by atoms with Crippen molar-refractivity contribution in [3.63, 3.8) is 0 Å². The van der Waals surface area contributed by atoms with Crippen LogP contribution in [0.1, 0.15) is 44.1 Å². The Morgan fingerprint density at radius 3 is 2.38 bits per heavy atom. The molecule has 1 heterocycles. The predicted molar refractivity (Wildman–Crippen MR) is 92.8 cm³/mol. The zero-order chi connectivity index (χ0) is 16.5. The van der Waals surface area contributed by atoms with E-state index in [9.17, 15) is 9.59 Å². The zero-order valence-corrected chi connectivity index (χ0v) is 14.2. The highest BCUT2D eigenvalue weighted by molar-refractivity contribution is 6.02. The van der Waals surface area contributed by atoms with Gasteiger partial charge in [-0.2, -0.15) is 0 Å². The van der Waals surface area contributed by atoms with Gasteiger partial charge in [-0.05, 0) is 80.0 Å². The van der Waals surface area contributed by atoms with Gasteiger partial charge in [0.1, 0.15) is 0 Å². The van der Waals surface area contributed by atoms with Crippen LogP contribution in [0.25, 0.3) is 0 Å². The second-order valence-electron chi connectivity index (χ2n) is 8.63. The molecule has 5 aliphatic rings. The molecule has 4 aliphatic carbocycles. The molecule has 0 aromatic heterocycles. The van der Waals surface area contributed by atoms with E-state index in [2.05, 4.69) is 5.32 Å². The summed E-state index contributed by atoms with van der Waals surface area (Å²) in [6.45, 7) is 0. The number of likely N-dealkylation sites (N-methyl/N-ethyl adjacent to an activating group) is 1. The molecule has 0 saturated heterocycles. The Morgan fingerprint density at radius 1 is 1.12 bits per heavy atom. The largest absolute Gasteiger partial charge is 0.326 e. The molecule has 4 fully saturated rings. The molecular weight excluding hydrogens is 300 g/mol. The first kappa shape index (κ1) is 14.5. The van der Waals surface area contributed by atoms with Crippen molar-refractivity contribution in [3.8, 4) is 0 Å². The number of hydrogen-bond acceptors (Lipinski definition) is 2. The summed E-state index contributed by atoms with van der Waals surface area (Å²) in [6, 6.07) is 5.87. The summed E-state index contributed by atoms with van der Waals surface area (Å²) in [6.07, 6.45) is 7.72. The van der Waals surface area contributed by atoms with Crippen molar-refractivity contribution in [2.75, 3.05) is 17.3 Å². The standard InChI is InChI=1S/C20H24N2O2/c1-22-17-3-2-16(7-15(17)8-18(22)23)21-19(24)20-9-12-4-13(10-20)6-14(5-12)11-20/h2-3,7,12-14H,4-6,8-11H2,1H3,(H,21,24). The number of anilines is 2. The van der Waals surface area contributed by atoms with E-state index in [4.69, 9.17) is 0 Å². The Kier molecular flexibility index (Phi) is 2.92. The lowest BCUT2D eigenvalue weighted by molar-refractivity contribution is -0.140. The van der Waals surface area contributed by atoms with E-state index in [1.807, 2.05) is 25.2 Å². The highest BCUT2D eigenvalue weighted by Crippen LogP contribution is 2.60. The third kappa shape index (κ3) is 2.04. The minimum Gasteiger partial charge on any atom is -0.326 e. The maximum Gasteiger partial charge on any atom is 0.231 e. The van der Waals surface area contributed by atoms with Crippen LogP contribution in [-0.2, 0) is 16.0 Å². The summed E-state index contributed by atoms with van der Waals surface area (Å²) in [4.78, 5) is 26.6. The van der Waals surface area contributed by atoms with Crippen molar-refractivity contribution >= 4 is 23.2 Å². The first-order chi connectivity index (χ1) is 11.5. The molecule has 126 valence electrons. The number of carbonyl (C=O) groups is 2. The van der Waals surface area contributed by atoms with Crippen LogP contribution in [-0.4, -0.2) is 18.9 Å². The molecule has 1 aromatic rings. The van der Waals surface area contributed by atoms with Crippen molar-refractivity contribution < 1.29 is 9.59 Å². The SMILES string of the molecule is CN1C(=O)Cc2cc(NC(=O)C34CC5CC(CC(C5)C3)C4)ccc21. The highest BCUT2D eigenvalue weighted by atomic mass is 16.2. The molecule has 0 unspecified atom stereocenters. The normalized spacial score (nSPS) is 36.1. The molecule has 1 N–H and O–H groups in total. The molecule has 1 aromatic carbocycles. The van der Waals surface area contributed by atoms with E-state index in [1.165, 1.54) is 19.3 Å². The minimum atomic E-state index is -0.125. The van der Waals surface area contributed by atoms with Gasteiger partial charge < -0.3 is 10.2 Å². The summed E-state index contributed by atoms with van der Waals surface area (Å²) in [5.74, 6) is 2.66. The van der Waals surface area contributed by atoms with Crippen LogP contribution in [0.5, 0.6) is 0 Å². The first-order valence-corrected chi connectivity index (χ1v) is 9.23. The van der Waals surface area contributed by atoms with Crippen LogP contribution < -0.4 is 10.2 Å². The Balaban J connectivity index is 1.38. The van der Waals surface area contributed by atoms with Crippen LogP contribution in [0.2, 0.25) is 0 Å². The summed E-state index contributed by atoms with van der Waals surface area (Å²) in [5, 5.41) is 3.19. The number of nitrogens with one attached hydrogen (secondary N) is 1. The highest BCUT2D eigenvalue weighted by Gasteiger charge is 2.54. The maximum absolute atomic E-state index is 13.1. The fraction of sp³-hybridized carbons (Fsp3) is 0.600. The molecule has 24 heavy (non-hydrogen) atoms. The van der Waals surface area contributed by atoms with Gasteiger partial charge in [0, 0.05) is 18.4 Å². The number of rotatable bonds is 2. The topological polar surface area (TPSA) is 49.4 Å². The van der Waals surface area contributed by atoms with E-state index in [0.29, 0.717) is 6.42 Å². The van der Waals surface area contributed by atoms with Gasteiger partial charge in [0.05, 0.1) is 11.8 Å². The van der Waals surface area contributed by atoms with Gasteiger partial charge in [-0.3, -0.25) is 9.59 Å². The molecule has 6 rings (SSSR count). The smallest absolute Gasteiger partial charge is 0.231 e. The average Bonchev–Trinajstić information content (AvgIpc) is 2.80. The Hall–Kier alpha value is -1.84. The van der Waals surface area contributed by atoms with Gasteiger partial charge in [-0.25, -0.2) is 0 Å². The molecule has 4 nitrogen and oxygen atoms in total. The number of fused-ring (bicyclic) bond motifs is 1. The first-order valence-electron chi connectivity index (χ1n) is 9.23. The molecule has 4 bridgehead atoms. The quantitative estimate of drug-likeness (QED) is 0.907. The van der Waals surface area contributed by atoms with E-state index in [1.54, 1.807) is 4.90 Å². The van der Waals surface area contributed by atoms with Crippen molar-refractivity contribution in [1.29, 1.82) is 0 Å². The van der Waals surface area contributed by atoms with Gasteiger partial charge in [0.2, 0.25) is 11.8 Å². The molecule has 4 heteroatoms. The van der Waals surface area contributed by atoms with Crippen molar-refractivity contribution in [1.82, 2.24) is 0 Å². The Labute approximate surface area is 142 Å². The fourth-order valence-electron chi connectivity index (χ4n) is 6.20. The van der Waals surface area contributed by atoms with Gasteiger partial charge in [0.25, 0.3) is 0 Å². The lowest BCUT2D eigenvalue weighted by Crippen LogP contribution is -2.51.